The SMILES string of the molecule is CCOc1ccc(-c2noc(CCC(=O)Nc3nnc(C)s3)n2)cc1. The first-order valence-electron chi connectivity index (χ1n) is 7.80. The van der Waals surface area contributed by atoms with Crippen molar-refractivity contribution in [2.24, 2.45) is 0 Å². The number of nitrogens with zero attached hydrogens (tertiary/aromatic N) is 4. The number of hydrogen-bond donors (Lipinski definition) is 1. The van der Waals surface area contributed by atoms with Crippen LogP contribution in [0.15, 0.2) is 28.8 Å². The van der Waals surface area contributed by atoms with Crippen molar-refractivity contribution in [3.63, 3.8) is 0 Å². The van der Waals surface area contributed by atoms with Crippen molar-refractivity contribution in [3.05, 3.63) is 35.2 Å². The Balaban J connectivity index is 1.55. The van der Waals surface area contributed by atoms with Gasteiger partial charge in [0.15, 0.2) is 0 Å². The number of hydrogen-bond acceptors (Lipinski definition) is 8. The number of amides is 1. The van der Waals surface area contributed by atoms with Crippen LogP contribution in [0.25, 0.3) is 11.4 Å². The minimum atomic E-state index is -0.169. The number of aryl methyl sites for hydroxylation is 2. The van der Waals surface area contributed by atoms with Crippen LogP contribution in [0.5, 0.6) is 5.75 Å². The maximum atomic E-state index is 11.9. The molecule has 0 unspecified atom stereocenters. The maximum absolute atomic E-state index is 11.9. The third-order valence-corrected chi connectivity index (χ3v) is 3.98. The highest BCUT2D eigenvalue weighted by Gasteiger charge is 2.12. The molecule has 1 N–H and O–H groups in total. The number of carbonyl (C=O) groups excluding carboxylic acids is 1. The molecular formula is C16H17N5O3S. The van der Waals surface area contributed by atoms with Crippen molar-refractivity contribution in [3.8, 4) is 17.1 Å². The van der Waals surface area contributed by atoms with Crippen LogP contribution in [0, 0.1) is 6.92 Å². The van der Waals surface area contributed by atoms with Crippen molar-refractivity contribution < 1.29 is 14.1 Å². The Kier molecular flexibility index (Phi) is 5.34. The summed E-state index contributed by atoms with van der Waals surface area (Å²) >= 11 is 1.33. The standard InChI is InChI=1S/C16H17N5O3S/c1-3-23-12-6-4-11(5-7-12)15-18-14(24-21-15)9-8-13(22)17-16-20-19-10(2)25-16/h4-7H,3,8-9H2,1-2H3,(H,17,20,22). The molecule has 0 radical (unpaired) electrons. The molecule has 0 fully saturated rings. The van der Waals surface area contributed by atoms with E-state index in [4.69, 9.17) is 9.26 Å². The maximum Gasteiger partial charge on any atom is 0.227 e. The van der Waals surface area contributed by atoms with Gasteiger partial charge in [0.25, 0.3) is 0 Å². The number of rotatable bonds is 7. The van der Waals surface area contributed by atoms with Crippen LogP contribution in [-0.4, -0.2) is 32.9 Å². The van der Waals surface area contributed by atoms with Gasteiger partial charge >= 0.3 is 0 Å². The molecule has 3 aromatic rings. The first kappa shape index (κ1) is 17.0. The second kappa shape index (κ2) is 7.84. The lowest BCUT2D eigenvalue weighted by Gasteiger charge is -2.02. The van der Waals surface area contributed by atoms with E-state index in [2.05, 4.69) is 25.7 Å². The Labute approximate surface area is 148 Å². The van der Waals surface area contributed by atoms with Crippen LogP contribution in [0.1, 0.15) is 24.2 Å². The molecule has 0 spiro atoms. The minimum absolute atomic E-state index is 0.169. The van der Waals surface area contributed by atoms with Crippen molar-refractivity contribution in [2.75, 3.05) is 11.9 Å². The summed E-state index contributed by atoms with van der Waals surface area (Å²) in [6.45, 7) is 4.38. The molecule has 3 rings (SSSR count). The molecule has 0 aliphatic rings. The van der Waals surface area contributed by atoms with Gasteiger partial charge in [0.1, 0.15) is 10.8 Å². The van der Waals surface area contributed by atoms with Gasteiger partial charge in [-0.25, -0.2) is 0 Å². The molecule has 1 amide bonds. The number of ether oxygens (including phenoxy) is 1. The van der Waals surface area contributed by atoms with Crippen LogP contribution in [0.4, 0.5) is 5.13 Å². The summed E-state index contributed by atoms with van der Waals surface area (Å²) in [5.74, 6) is 1.52. The molecular weight excluding hydrogens is 342 g/mol. The van der Waals surface area contributed by atoms with Gasteiger partial charge in [-0.05, 0) is 38.1 Å². The molecule has 8 nitrogen and oxygen atoms in total. The van der Waals surface area contributed by atoms with E-state index in [1.54, 1.807) is 0 Å². The lowest BCUT2D eigenvalue weighted by Crippen LogP contribution is -2.12. The summed E-state index contributed by atoms with van der Waals surface area (Å²) in [5, 5.41) is 15.6. The van der Waals surface area contributed by atoms with Gasteiger partial charge in [-0.3, -0.25) is 4.79 Å². The van der Waals surface area contributed by atoms with Crippen molar-refractivity contribution in [2.45, 2.75) is 26.7 Å². The summed E-state index contributed by atoms with van der Waals surface area (Å²) in [6.07, 6.45) is 0.581. The first-order valence-corrected chi connectivity index (χ1v) is 8.61. The van der Waals surface area contributed by atoms with Gasteiger partial charge in [-0.15, -0.1) is 10.2 Å². The van der Waals surface area contributed by atoms with Crippen molar-refractivity contribution >= 4 is 22.4 Å². The highest BCUT2D eigenvalue weighted by Crippen LogP contribution is 2.20. The molecule has 2 heterocycles. The Hall–Kier alpha value is -2.81. The van der Waals surface area contributed by atoms with Gasteiger partial charge in [0, 0.05) is 18.4 Å². The van der Waals surface area contributed by atoms with Crippen molar-refractivity contribution in [1.82, 2.24) is 20.3 Å². The van der Waals surface area contributed by atoms with E-state index >= 15 is 0 Å². The fourth-order valence-electron chi connectivity index (χ4n) is 2.09. The molecule has 2 aromatic heterocycles. The predicted molar refractivity (Wildman–Crippen MR) is 92.5 cm³/mol. The van der Waals surface area contributed by atoms with Gasteiger partial charge in [-0.2, -0.15) is 4.98 Å². The average molecular weight is 359 g/mol. The average Bonchev–Trinajstić information content (AvgIpc) is 3.23. The number of aromatic nitrogens is 4. The Bertz CT molecular complexity index is 844. The zero-order valence-electron chi connectivity index (χ0n) is 13.9. The van der Waals surface area contributed by atoms with Crippen molar-refractivity contribution in [1.29, 1.82) is 0 Å². The van der Waals surface area contributed by atoms with Gasteiger partial charge < -0.3 is 14.6 Å². The highest BCUT2D eigenvalue weighted by atomic mass is 32.1. The summed E-state index contributed by atoms with van der Waals surface area (Å²) in [4.78, 5) is 16.2. The molecule has 1 aromatic carbocycles. The summed E-state index contributed by atoms with van der Waals surface area (Å²) in [7, 11) is 0. The Morgan fingerprint density at radius 2 is 2.08 bits per heavy atom. The zero-order valence-corrected chi connectivity index (χ0v) is 14.7. The van der Waals surface area contributed by atoms with Crippen LogP contribution >= 0.6 is 11.3 Å². The number of carbonyl (C=O) groups is 1. The topological polar surface area (TPSA) is 103 Å². The number of nitrogens with one attached hydrogen (secondary N) is 1. The van der Waals surface area contributed by atoms with Gasteiger partial charge in [0.05, 0.1) is 6.61 Å². The molecule has 0 saturated carbocycles. The van der Waals surface area contributed by atoms with E-state index < -0.39 is 0 Å². The van der Waals surface area contributed by atoms with Gasteiger partial charge in [0.2, 0.25) is 22.8 Å². The Morgan fingerprint density at radius 1 is 1.28 bits per heavy atom. The molecule has 0 saturated heterocycles. The van der Waals surface area contributed by atoms with Crippen LogP contribution < -0.4 is 10.1 Å². The molecule has 0 atom stereocenters. The first-order chi connectivity index (χ1) is 12.1. The molecule has 9 heteroatoms. The molecule has 0 bridgehead atoms. The highest BCUT2D eigenvalue weighted by molar-refractivity contribution is 7.15. The Morgan fingerprint density at radius 3 is 2.76 bits per heavy atom. The lowest BCUT2D eigenvalue weighted by atomic mass is 10.2. The lowest BCUT2D eigenvalue weighted by molar-refractivity contribution is -0.116. The largest absolute Gasteiger partial charge is 0.494 e. The second-order valence-electron chi connectivity index (χ2n) is 5.14. The van der Waals surface area contributed by atoms with E-state index in [0.29, 0.717) is 29.9 Å². The summed E-state index contributed by atoms with van der Waals surface area (Å²) < 4.78 is 10.6. The third kappa shape index (κ3) is 4.60. The van der Waals surface area contributed by atoms with E-state index in [1.807, 2.05) is 38.1 Å². The summed E-state index contributed by atoms with van der Waals surface area (Å²) in [5.41, 5.74) is 0.826. The number of anilines is 1. The quantitative estimate of drug-likeness (QED) is 0.692. The predicted octanol–water partition coefficient (Wildman–Crippen LogP) is 2.87. The van der Waals surface area contributed by atoms with E-state index in [9.17, 15) is 4.79 Å². The van der Waals surface area contributed by atoms with Crippen LogP contribution in [-0.2, 0) is 11.2 Å². The third-order valence-electron chi connectivity index (χ3n) is 3.23. The normalized spacial score (nSPS) is 10.6. The summed E-state index contributed by atoms with van der Waals surface area (Å²) in [6, 6.07) is 7.44. The van der Waals surface area contributed by atoms with Crippen LogP contribution in [0.2, 0.25) is 0 Å². The molecule has 0 aliphatic heterocycles. The molecule has 0 aliphatic carbocycles. The fraction of sp³-hybridized carbons (Fsp3) is 0.312. The fourth-order valence-corrected chi connectivity index (χ4v) is 2.70. The smallest absolute Gasteiger partial charge is 0.227 e. The second-order valence-corrected chi connectivity index (χ2v) is 6.33. The van der Waals surface area contributed by atoms with E-state index in [1.165, 1.54) is 11.3 Å². The van der Waals surface area contributed by atoms with E-state index in [-0.39, 0.29) is 12.3 Å². The van der Waals surface area contributed by atoms with E-state index in [0.717, 1.165) is 16.3 Å². The monoisotopic (exact) mass is 359 g/mol. The molecule has 25 heavy (non-hydrogen) atoms. The number of benzene rings is 1. The molecule has 130 valence electrons. The zero-order chi connectivity index (χ0) is 17.6. The minimum Gasteiger partial charge on any atom is -0.494 e. The van der Waals surface area contributed by atoms with Crippen LogP contribution in [0.3, 0.4) is 0 Å². The van der Waals surface area contributed by atoms with Gasteiger partial charge in [-0.1, -0.05) is 16.5 Å².